The fourth-order valence-corrected chi connectivity index (χ4v) is 3.32. The number of benzene rings is 1. The average molecular weight is 518 g/mol. The molecule has 162 valence electrons. The molecule has 8 heteroatoms. The Balaban J connectivity index is 2.15. The van der Waals surface area contributed by atoms with E-state index in [1.165, 1.54) is 0 Å². The number of aliphatic hydroxyl groups is 1. The zero-order valence-electron chi connectivity index (χ0n) is 17.9. The number of rotatable bonds is 10. The van der Waals surface area contributed by atoms with Gasteiger partial charge in [-0.25, -0.2) is 0 Å². The predicted molar refractivity (Wildman–Crippen MR) is 123 cm³/mol. The van der Waals surface area contributed by atoms with Crippen LogP contribution in [0.3, 0.4) is 0 Å². The molecule has 6 nitrogen and oxygen atoms in total. The van der Waals surface area contributed by atoms with Crippen molar-refractivity contribution in [3.63, 3.8) is 0 Å². The normalized spacial score (nSPS) is 23.5. The van der Waals surface area contributed by atoms with E-state index >= 15 is 0 Å². The first kappa shape index (κ1) is 24.6. The molecule has 1 aliphatic heterocycles. The smallest absolute Gasteiger partial charge is 0.358 e. The Morgan fingerprint density at radius 2 is 2.10 bits per heavy atom. The molecular formula is C21H32BIO6. The maximum Gasteiger partial charge on any atom is 0.358 e. The van der Waals surface area contributed by atoms with Gasteiger partial charge in [0.05, 0.1) is 18.2 Å². The molecule has 29 heavy (non-hydrogen) atoms. The van der Waals surface area contributed by atoms with E-state index in [0.29, 0.717) is 29.9 Å². The van der Waals surface area contributed by atoms with E-state index < -0.39 is 22.2 Å². The topological polar surface area (TPSA) is 74.2 Å². The standard InChI is InChI=1S/C21H32BIO6/c1-6-7-11-26-15(2)17(25)13-27-18-10-8-9-16(12-24)19(18)22-14-28-21(5,23)20(3,4)29-22/h8-10,12,15,17,25H,6-7,11,13-14H2,1-5H3. The van der Waals surface area contributed by atoms with Gasteiger partial charge in [-0.15, -0.1) is 0 Å². The van der Waals surface area contributed by atoms with E-state index in [9.17, 15) is 9.90 Å². The van der Waals surface area contributed by atoms with Gasteiger partial charge in [0.2, 0.25) is 0 Å². The molecule has 0 aromatic heterocycles. The summed E-state index contributed by atoms with van der Waals surface area (Å²) in [6.45, 7) is 10.4. The Morgan fingerprint density at radius 3 is 2.72 bits per heavy atom. The summed E-state index contributed by atoms with van der Waals surface area (Å²) in [5.41, 5.74) is 0.574. The second-order valence-corrected chi connectivity index (χ2v) is 10.1. The average Bonchev–Trinajstić information content (AvgIpc) is 2.68. The van der Waals surface area contributed by atoms with Crippen molar-refractivity contribution >= 4 is 41.3 Å². The van der Waals surface area contributed by atoms with Gasteiger partial charge in [0.15, 0.2) is 0 Å². The van der Waals surface area contributed by atoms with Gasteiger partial charge >= 0.3 is 6.92 Å². The highest BCUT2D eigenvalue weighted by atomic mass is 127. The molecule has 3 atom stereocenters. The molecule has 0 bridgehead atoms. The summed E-state index contributed by atoms with van der Waals surface area (Å²) in [6, 6.07) is 5.27. The van der Waals surface area contributed by atoms with Gasteiger partial charge in [0, 0.05) is 17.6 Å². The monoisotopic (exact) mass is 518 g/mol. The predicted octanol–water partition coefficient (Wildman–Crippen LogP) is 3.16. The first-order valence-corrected chi connectivity index (χ1v) is 11.2. The van der Waals surface area contributed by atoms with Crippen molar-refractivity contribution < 1.29 is 28.8 Å². The number of alkyl halides is 1. The first-order valence-electron chi connectivity index (χ1n) is 10.1. The third-order valence-corrected chi connectivity index (χ3v) is 7.01. The third kappa shape index (κ3) is 6.16. The summed E-state index contributed by atoms with van der Waals surface area (Å²) in [5.74, 6) is 0.510. The lowest BCUT2D eigenvalue weighted by Gasteiger charge is -2.46. The second kappa shape index (κ2) is 10.6. The molecule has 1 aliphatic rings. The minimum absolute atomic E-state index is 0.0591. The number of carbonyl (C=O) groups is 1. The van der Waals surface area contributed by atoms with E-state index in [4.69, 9.17) is 18.9 Å². The number of aliphatic hydroxyl groups excluding tert-OH is 1. The summed E-state index contributed by atoms with van der Waals surface area (Å²) in [7, 11) is 0. The molecule has 1 fully saturated rings. The largest absolute Gasteiger partial charge is 0.491 e. The quantitative estimate of drug-likeness (QED) is 0.169. The van der Waals surface area contributed by atoms with Crippen molar-refractivity contribution in [2.75, 3.05) is 19.7 Å². The minimum atomic E-state index is -0.780. The molecule has 0 radical (unpaired) electrons. The number of ether oxygens (including phenoxy) is 3. The van der Waals surface area contributed by atoms with E-state index in [1.807, 2.05) is 27.7 Å². The Bertz CT molecular complexity index is 681. The van der Waals surface area contributed by atoms with Crippen LogP contribution in [0.4, 0.5) is 0 Å². The van der Waals surface area contributed by atoms with E-state index in [0.717, 1.165) is 19.1 Å². The lowest BCUT2D eigenvalue weighted by molar-refractivity contribution is -0.0959. The van der Waals surface area contributed by atoms with Gasteiger partial charge in [-0.2, -0.15) is 0 Å². The third-order valence-electron chi connectivity index (χ3n) is 5.40. The summed E-state index contributed by atoms with van der Waals surface area (Å²) in [6.07, 6.45) is 1.67. The van der Waals surface area contributed by atoms with Crippen LogP contribution < -0.4 is 10.2 Å². The summed E-state index contributed by atoms with van der Waals surface area (Å²) in [4.78, 5) is 11.7. The molecule has 3 unspecified atom stereocenters. The highest BCUT2D eigenvalue weighted by Gasteiger charge is 2.49. The minimum Gasteiger partial charge on any atom is -0.491 e. The molecule has 2 rings (SSSR count). The van der Waals surface area contributed by atoms with Gasteiger partial charge < -0.3 is 24.0 Å². The Kier molecular flexibility index (Phi) is 8.96. The van der Waals surface area contributed by atoms with Crippen LogP contribution >= 0.6 is 22.6 Å². The van der Waals surface area contributed by atoms with E-state index in [1.54, 1.807) is 18.2 Å². The fraction of sp³-hybridized carbons (Fsp3) is 0.667. The van der Waals surface area contributed by atoms with Crippen molar-refractivity contribution in [2.45, 2.75) is 68.9 Å². The molecule has 0 saturated carbocycles. The number of aldehydes is 1. The zero-order valence-corrected chi connectivity index (χ0v) is 20.1. The lowest BCUT2D eigenvalue weighted by atomic mass is 9.58. The van der Waals surface area contributed by atoms with Gasteiger partial charge in [-0.3, -0.25) is 4.79 Å². The first-order chi connectivity index (χ1) is 13.6. The Labute approximate surface area is 187 Å². The van der Waals surface area contributed by atoms with E-state index in [2.05, 4.69) is 29.5 Å². The maximum absolute atomic E-state index is 11.7. The summed E-state index contributed by atoms with van der Waals surface area (Å²) in [5, 5.41) is 10.4. The molecule has 1 aromatic carbocycles. The highest BCUT2D eigenvalue weighted by molar-refractivity contribution is 14.1. The van der Waals surface area contributed by atoms with E-state index in [-0.39, 0.29) is 12.7 Å². The van der Waals surface area contributed by atoms with Crippen molar-refractivity contribution in [1.82, 2.24) is 0 Å². The van der Waals surface area contributed by atoms with Crippen LogP contribution in [0, 0.1) is 0 Å². The second-order valence-electron chi connectivity index (χ2n) is 8.03. The van der Waals surface area contributed by atoms with Crippen molar-refractivity contribution in [3.8, 4) is 5.75 Å². The highest BCUT2D eigenvalue weighted by Crippen LogP contribution is 2.39. The van der Waals surface area contributed by atoms with Crippen molar-refractivity contribution in [3.05, 3.63) is 23.8 Å². The van der Waals surface area contributed by atoms with Gasteiger partial charge in [0.1, 0.15) is 28.4 Å². The molecule has 1 heterocycles. The molecule has 1 aromatic rings. The van der Waals surface area contributed by atoms with Gasteiger partial charge in [-0.1, -0.05) is 25.5 Å². The van der Waals surface area contributed by atoms with Crippen molar-refractivity contribution in [2.24, 2.45) is 0 Å². The Morgan fingerprint density at radius 1 is 1.38 bits per heavy atom. The fourth-order valence-electron chi connectivity index (χ4n) is 3.01. The number of carbonyl (C=O) groups excluding carboxylic acids is 1. The molecule has 0 amide bonds. The van der Waals surface area contributed by atoms with Crippen LogP contribution in [-0.4, -0.2) is 59.4 Å². The van der Waals surface area contributed by atoms with Crippen LogP contribution in [0.1, 0.15) is 57.8 Å². The summed E-state index contributed by atoms with van der Waals surface area (Å²) < 4.78 is 23.4. The number of unbranched alkanes of at least 4 members (excludes halogenated alkanes) is 1. The molecular weight excluding hydrogens is 486 g/mol. The molecule has 1 saturated heterocycles. The SMILES string of the molecule is CCCCOC(C)C(O)COc1cccc(C=O)c1B1COC(C)(I)C(C)(C)O1. The van der Waals surface area contributed by atoms with Crippen LogP contribution in [0.15, 0.2) is 18.2 Å². The van der Waals surface area contributed by atoms with Crippen LogP contribution in [0.5, 0.6) is 5.75 Å². The van der Waals surface area contributed by atoms with Gasteiger partial charge in [0.25, 0.3) is 0 Å². The summed E-state index contributed by atoms with van der Waals surface area (Å²) >= 11 is 2.24. The maximum atomic E-state index is 11.7. The molecule has 1 N–H and O–H groups in total. The van der Waals surface area contributed by atoms with Crippen LogP contribution in [0.2, 0.25) is 0 Å². The lowest BCUT2D eigenvalue weighted by Crippen LogP contribution is -2.60. The van der Waals surface area contributed by atoms with Crippen LogP contribution in [-0.2, 0) is 14.1 Å². The van der Waals surface area contributed by atoms with Gasteiger partial charge in [-0.05, 0) is 62.8 Å². The molecule has 0 aliphatic carbocycles. The zero-order chi connectivity index (χ0) is 21.7. The number of halogens is 1. The number of hydrogen-bond acceptors (Lipinski definition) is 6. The molecule has 0 spiro atoms. The van der Waals surface area contributed by atoms with Crippen LogP contribution in [0.25, 0.3) is 0 Å². The Hall–Kier alpha value is -0.675. The van der Waals surface area contributed by atoms with Crippen molar-refractivity contribution in [1.29, 1.82) is 0 Å². The number of hydrogen-bond donors (Lipinski definition) is 1.